The van der Waals surface area contributed by atoms with Crippen LogP contribution in [0.15, 0.2) is 47.2 Å². The lowest BCUT2D eigenvalue weighted by atomic mass is 9.96. The fourth-order valence-corrected chi connectivity index (χ4v) is 5.37. The largest absolute Gasteiger partial charge is 0.385 e. The zero-order chi connectivity index (χ0) is 21.6. The molecule has 0 aromatic heterocycles. The Morgan fingerprint density at radius 3 is 2.74 bits per heavy atom. The number of nitrogens with zero attached hydrogens (tertiary/aromatic N) is 2. The number of benzene rings is 1. The lowest BCUT2D eigenvalue weighted by molar-refractivity contribution is -0.0748. The highest BCUT2D eigenvalue weighted by Gasteiger charge is 2.35. The summed E-state index contributed by atoms with van der Waals surface area (Å²) in [5.41, 5.74) is 5.46. The van der Waals surface area contributed by atoms with Gasteiger partial charge in [-0.3, -0.25) is 10.3 Å². The smallest absolute Gasteiger partial charge is 0.131 e. The molecule has 2 heterocycles. The lowest BCUT2D eigenvalue weighted by Crippen LogP contribution is -2.51. The van der Waals surface area contributed by atoms with Crippen LogP contribution >= 0.6 is 0 Å². The van der Waals surface area contributed by atoms with Crippen molar-refractivity contribution in [3.05, 3.63) is 58.7 Å². The average molecular weight is 420 g/mol. The second kappa shape index (κ2) is 8.10. The Kier molecular flexibility index (Phi) is 5.43. The number of hydrogen-bond acceptors (Lipinski definition) is 4. The number of allylic oxidation sites excluding steroid dienone is 2. The molecule has 5 rings (SSSR count). The molecule has 1 saturated carbocycles. The zero-order valence-electron chi connectivity index (χ0n) is 18.9. The highest BCUT2D eigenvalue weighted by atomic mass is 16.3. The molecule has 2 aliphatic carbocycles. The molecule has 31 heavy (non-hydrogen) atoms. The van der Waals surface area contributed by atoms with Crippen LogP contribution in [0.3, 0.4) is 0 Å². The number of amidine groups is 1. The monoisotopic (exact) mass is 419 g/mol. The van der Waals surface area contributed by atoms with Gasteiger partial charge in [0.1, 0.15) is 11.6 Å². The first-order valence-electron chi connectivity index (χ1n) is 11.9. The van der Waals surface area contributed by atoms with E-state index in [4.69, 9.17) is 0 Å². The standard InChI is InChI=1S/C26H35N4O/c1-26(2,31)29-15-13-23(28-21-11-9-19-16-20(19)10-12-21)22(17-29)25(27)30-14-5-7-18-6-3-4-8-24(18)30/h3-4,6,8,16,21,27-28,31H,5,7,9-15,17H2,1-2H3. The van der Waals surface area contributed by atoms with Crippen LogP contribution in [-0.4, -0.2) is 47.2 Å². The molecule has 1 aromatic rings. The minimum atomic E-state index is -0.885. The third kappa shape index (κ3) is 4.31. The van der Waals surface area contributed by atoms with Crippen LogP contribution in [0.25, 0.3) is 0 Å². The van der Waals surface area contributed by atoms with Crippen LogP contribution in [-0.2, 0) is 6.42 Å². The molecule has 0 spiro atoms. The van der Waals surface area contributed by atoms with E-state index >= 15 is 0 Å². The van der Waals surface area contributed by atoms with E-state index in [1.807, 2.05) is 13.8 Å². The Morgan fingerprint density at radius 2 is 1.90 bits per heavy atom. The van der Waals surface area contributed by atoms with Crippen LogP contribution in [0.5, 0.6) is 0 Å². The van der Waals surface area contributed by atoms with Crippen molar-refractivity contribution < 1.29 is 5.11 Å². The van der Waals surface area contributed by atoms with Crippen LogP contribution in [0.1, 0.15) is 57.9 Å². The summed E-state index contributed by atoms with van der Waals surface area (Å²) in [6, 6.07) is 8.98. The molecular formula is C26H35N4O. The molecule has 1 radical (unpaired) electrons. The van der Waals surface area contributed by atoms with Gasteiger partial charge in [-0.2, -0.15) is 0 Å². The Morgan fingerprint density at radius 1 is 1.10 bits per heavy atom. The van der Waals surface area contributed by atoms with E-state index in [1.165, 1.54) is 42.6 Å². The average Bonchev–Trinajstić information content (AvgIpc) is 3.54. The Bertz CT molecular complexity index is 926. The molecule has 4 aliphatic rings. The van der Waals surface area contributed by atoms with Crippen LogP contribution in [0.4, 0.5) is 5.69 Å². The first kappa shape index (κ1) is 20.8. The van der Waals surface area contributed by atoms with Gasteiger partial charge in [0.2, 0.25) is 0 Å². The maximum atomic E-state index is 10.7. The Labute approximate surface area is 186 Å². The van der Waals surface area contributed by atoms with Gasteiger partial charge in [-0.05, 0) is 64.0 Å². The number of anilines is 1. The van der Waals surface area contributed by atoms with Gasteiger partial charge < -0.3 is 15.3 Å². The minimum absolute atomic E-state index is 0.473. The minimum Gasteiger partial charge on any atom is -0.385 e. The fraction of sp³-hybridized carbons (Fsp3) is 0.538. The van der Waals surface area contributed by atoms with Gasteiger partial charge in [0.15, 0.2) is 0 Å². The number of rotatable bonds is 4. The Balaban J connectivity index is 1.43. The highest BCUT2D eigenvalue weighted by molar-refractivity contribution is 6.09. The molecule has 3 N–H and O–H groups in total. The quantitative estimate of drug-likeness (QED) is 0.507. The maximum Gasteiger partial charge on any atom is 0.131 e. The summed E-state index contributed by atoms with van der Waals surface area (Å²) in [5.74, 6) is 2.17. The van der Waals surface area contributed by atoms with Crippen molar-refractivity contribution in [3.63, 3.8) is 0 Å². The van der Waals surface area contributed by atoms with Crippen molar-refractivity contribution >= 4 is 11.5 Å². The van der Waals surface area contributed by atoms with E-state index < -0.39 is 5.72 Å². The topological polar surface area (TPSA) is 62.6 Å². The van der Waals surface area contributed by atoms with E-state index in [1.54, 1.807) is 11.5 Å². The molecule has 165 valence electrons. The molecule has 2 aliphatic heterocycles. The van der Waals surface area contributed by atoms with Gasteiger partial charge in [-0.15, -0.1) is 0 Å². The molecule has 1 unspecified atom stereocenters. The second-order valence-corrected chi connectivity index (χ2v) is 9.97. The van der Waals surface area contributed by atoms with E-state index in [2.05, 4.69) is 45.5 Å². The molecule has 1 atom stereocenters. The first-order chi connectivity index (χ1) is 14.9. The molecular weight excluding hydrogens is 384 g/mol. The molecule has 1 fully saturated rings. The van der Waals surface area contributed by atoms with Crippen molar-refractivity contribution in [1.29, 1.82) is 5.41 Å². The maximum absolute atomic E-state index is 10.7. The number of aryl methyl sites for hydroxylation is 1. The van der Waals surface area contributed by atoms with Crippen LogP contribution in [0, 0.1) is 11.3 Å². The number of aliphatic hydroxyl groups is 1. The van der Waals surface area contributed by atoms with Gasteiger partial charge in [0.05, 0.1) is 0 Å². The summed E-state index contributed by atoms with van der Waals surface area (Å²) in [7, 11) is 0. The van der Waals surface area contributed by atoms with E-state index in [9.17, 15) is 10.5 Å². The van der Waals surface area contributed by atoms with E-state index in [0.29, 0.717) is 18.4 Å². The number of fused-ring (bicyclic) bond motifs is 2. The number of para-hydroxylation sites is 1. The SMILES string of the molecule is CC(C)(O)N1CCC(NC2CC[C]3C=C3CC2)=C(C(=N)N2CCCc3ccccc32)C1. The van der Waals surface area contributed by atoms with Gasteiger partial charge in [0.25, 0.3) is 0 Å². The van der Waals surface area contributed by atoms with Gasteiger partial charge >= 0.3 is 0 Å². The molecule has 0 bridgehead atoms. The first-order valence-corrected chi connectivity index (χ1v) is 11.9. The molecule has 0 amide bonds. The normalized spacial score (nSPS) is 24.8. The summed E-state index contributed by atoms with van der Waals surface area (Å²) in [4.78, 5) is 4.29. The van der Waals surface area contributed by atoms with Gasteiger partial charge in [-0.1, -0.05) is 29.8 Å². The summed E-state index contributed by atoms with van der Waals surface area (Å²) in [6.45, 7) is 6.01. The third-order valence-corrected chi connectivity index (χ3v) is 7.37. The molecule has 5 nitrogen and oxygen atoms in total. The van der Waals surface area contributed by atoms with E-state index in [0.717, 1.165) is 37.9 Å². The van der Waals surface area contributed by atoms with Crippen LogP contribution < -0.4 is 10.2 Å². The van der Waals surface area contributed by atoms with Crippen molar-refractivity contribution in [1.82, 2.24) is 10.2 Å². The molecule has 5 heteroatoms. The summed E-state index contributed by atoms with van der Waals surface area (Å²) < 4.78 is 0. The lowest BCUT2D eigenvalue weighted by Gasteiger charge is -2.41. The van der Waals surface area contributed by atoms with Gasteiger partial charge in [-0.25, -0.2) is 0 Å². The number of nitrogens with one attached hydrogen (secondary N) is 2. The predicted octanol–water partition coefficient (Wildman–Crippen LogP) is 4.15. The highest BCUT2D eigenvalue weighted by Crippen LogP contribution is 2.42. The fourth-order valence-electron chi connectivity index (χ4n) is 5.37. The van der Waals surface area contributed by atoms with Crippen molar-refractivity contribution in [3.8, 4) is 0 Å². The predicted molar refractivity (Wildman–Crippen MR) is 126 cm³/mol. The summed E-state index contributed by atoms with van der Waals surface area (Å²) >= 11 is 0. The molecule has 1 aromatic carbocycles. The number of hydrogen-bond donors (Lipinski definition) is 3. The van der Waals surface area contributed by atoms with Gasteiger partial charge in [0, 0.05) is 55.0 Å². The summed E-state index contributed by atoms with van der Waals surface area (Å²) in [5, 5.41) is 23.8. The van der Waals surface area contributed by atoms with E-state index in [-0.39, 0.29) is 0 Å². The zero-order valence-corrected chi connectivity index (χ0v) is 18.9. The Hall–Kier alpha value is -2.11. The van der Waals surface area contributed by atoms with Crippen molar-refractivity contribution in [2.75, 3.05) is 24.5 Å². The second-order valence-electron chi connectivity index (χ2n) is 9.97. The summed E-state index contributed by atoms with van der Waals surface area (Å²) in [6.07, 6.45) is 10.1. The third-order valence-electron chi connectivity index (χ3n) is 7.37. The van der Waals surface area contributed by atoms with Crippen molar-refractivity contribution in [2.24, 2.45) is 0 Å². The molecule has 0 saturated heterocycles. The van der Waals surface area contributed by atoms with Crippen LogP contribution in [0.2, 0.25) is 0 Å². The van der Waals surface area contributed by atoms with Crippen molar-refractivity contribution in [2.45, 2.75) is 70.6 Å².